The van der Waals surface area contributed by atoms with E-state index in [-0.39, 0.29) is 17.0 Å². The van der Waals surface area contributed by atoms with Gasteiger partial charge >= 0.3 is 5.97 Å². The Morgan fingerprint density at radius 3 is 2.35 bits per heavy atom. The Labute approximate surface area is 119 Å². The van der Waals surface area contributed by atoms with Gasteiger partial charge in [-0.15, -0.1) is 0 Å². The van der Waals surface area contributed by atoms with Crippen molar-refractivity contribution in [3.8, 4) is 0 Å². The van der Waals surface area contributed by atoms with Gasteiger partial charge in [-0.2, -0.15) is 0 Å². The van der Waals surface area contributed by atoms with Crippen molar-refractivity contribution in [3.63, 3.8) is 0 Å². The number of carbonyl (C=O) groups is 2. The van der Waals surface area contributed by atoms with Crippen molar-refractivity contribution in [1.82, 2.24) is 4.90 Å². The molecule has 1 aliphatic carbocycles. The zero-order chi connectivity index (χ0) is 14.5. The molecule has 0 aromatic heterocycles. The van der Waals surface area contributed by atoms with E-state index in [1.807, 2.05) is 0 Å². The molecule has 0 spiro atoms. The molecule has 1 fully saturated rings. The molecule has 1 aromatic rings. The first-order valence-electron chi connectivity index (χ1n) is 7.17. The maximum atomic E-state index is 12.4. The SMILES string of the molecule is CN(CC1CCCCC1)C(=O)c1ccccc1C(=O)O. The van der Waals surface area contributed by atoms with Gasteiger partial charge in [-0.1, -0.05) is 31.4 Å². The molecule has 1 saturated carbocycles. The van der Waals surface area contributed by atoms with Gasteiger partial charge in [-0.05, 0) is 30.9 Å². The molecule has 0 radical (unpaired) electrons. The fourth-order valence-corrected chi connectivity index (χ4v) is 2.90. The number of benzene rings is 1. The first-order chi connectivity index (χ1) is 9.59. The molecule has 0 saturated heterocycles. The average molecular weight is 275 g/mol. The molecule has 1 aliphatic rings. The molecule has 20 heavy (non-hydrogen) atoms. The molecular formula is C16H21NO3. The Hall–Kier alpha value is -1.84. The fraction of sp³-hybridized carbons (Fsp3) is 0.500. The van der Waals surface area contributed by atoms with Gasteiger partial charge in [0.25, 0.3) is 5.91 Å². The summed E-state index contributed by atoms with van der Waals surface area (Å²) in [4.78, 5) is 25.2. The number of amides is 1. The molecule has 0 unspecified atom stereocenters. The summed E-state index contributed by atoms with van der Waals surface area (Å²) in [6, 6.07) is 6.41. The molecular weight excluding hydrogens is 254 g/mol. The molecule has 0 aliphatic heterocycles. The molecule has 0 heterocycles. The predicted octanol–water partition coefficient (Wildman–Crippen LogP) is 3.04. The number of hydrogen-bond acceptors (Lipinski definition) is 2. The Kier molecular flexibility index (Phi) is 4.77. The number of carbonyl (C=O) groups excluding carboxylic acids is 1. The van der Waals surface area contributed by atoms with Crippen molar-refractivity contribution >= 4 is 11.9 Å². The maximum Gasteiger partial charge on any atom is 0.336 e. The van der Waals surface area contributed by atoms with E-state index in [1.165, 1.54) is 25.3 Å². The third-order valence-electron chi connectivity index (χ3n) is 3.99. The highest BCUT2D eigenvalue weighted by Crippen LogP contribution is 2.24. The van der Waals surface area contributed by atoms with Crippen molar-refractivity contribution in [3.05, 3.63) is 35.4 Å². The summed E-state index contributed by atoms with van der Waals surface area (Å²) in [5.74, 6) is -0.705. The Morgan fingerprint density at radius 1 is 1.15 bits per heavy atom. The number of carboxylic acid groups (broad SMARTS) is 1. The van der Waals surface area contributed by atoms with Crippen LogP contribution >= 0.6 is 0 Å². The minimum Gasteiger partial charge on any atom is -0.478 e. The number of aromatic carboxylic acids is 1. The first-order valence-corrected chi connectivity index (χ1v) is 7.17. The van der Waals surface area contributed by atoms with E-state index < -0.39 is 5.97 Å². The van der Waals surface area contributed by atoms with Crippen LogP contribution < -0.4 is 0 Å². The zero-order valence-electron chi connectivity index (χ0n) is 11.8. The second-order valence-corrected chi connectivity index (χ2v) is 5.54. The van der Waals surface area contributed by atoms with Crippen LogP contribution in [-0.2, 0) is 0 Å². The number of carboxylic acids is 1. The molecule has 0 bridgehead atoms. The lowest BCUT2D eigenvalue weighted by Gasteiger charge is -2.27. The number of rotatable bonds is 4. The van der Waals surface area contributed by atoms with Gasteiger partial charge in [-0.3, -0.25) is 4.79 Å². The van der Waals surface area contributed by atoms with Gasteiger partial charge < -0.3 is 10.0 Å². The van der Waals surface area contributed by atoms with E-state index in [2.05, 4.69) is 0 Å². The van der Waals surface area contributed by atoms with Crippen LogP contribution in [0.4, 0.5) is 0 Å². The summed E-state index contributed by atoms with van der Waals surface area (Å²) < 4.78 is 0. The van der Waals surface area contributed by atoms with Gasteiger partial charge in [0, 0.05) is 13.6 Å². The van der Waals surface area contributed by atoms with Crippen LogP contribution in [0.3, 0.4) is 0 Å². The zero-order valence-corrected chi connectivity index (χ0v) is 11.8. The van der Waals surface area contributed by atoms with E-state index in [4.69, 9.17) is 5.11 Å². The number of hydrogen-bond donors (Lipinski definition) is 1. The van der Waals surface area contributed by atoms with Gasteiger partial charge in [0.1, 0.15) is 0 Å². The van der Waals surface area contributed by atoms with E-state index in [0.29, 0.717) is 12.5 Å². The smallest absolute Gasteiger partial charge is 0.336 e. The topological polar surface area (TPSA) is 57.6 Å². The third-order valence-corrected chi connectivity index (χ3v) is 3.99. The molecule has 2 rings (SSSR count). The van der Waals surface area contributed by atoms with Crippen molar-refractivity contribution in [2.45, 2.75) is 32.1 Å². The van der Waals surface area contributed by atoms with Crippen molar-refractivity contribution in [2.75, 3.05) is 13.6 Å². The average Bonchev–Trinajstić information content (AvgIpc) is 2.47. The Bertz CT molecular complexity index is 492. The highest BCUT2D eigenvalue weighted by atomic mass is 16.4. The van der Waals surface area contributed by atoms with Crippen LogP contribution in [0.25, 0.3) is 0 Å². The summed E-state index contributed by atoms with van der Waals surface area (Å²) in [5, 5.41) is 9.15. The van der Waals surface area contributed by atoms with Gasteiger partial charge in [0.2, 0.25) is 0 Å². The minimum absolute atomic E-state index is 0.0768. The van der Waals surface area contributed by atoms with Crippen LogP contribution in [0.1, 0.15) is 52.8 Å². The normalized spacial score (nSPS) is 15.8. The van der Waals surface area contributed by atoms with Crippen LogP contribution in [0.5, 0.6) is 0 Å². The third kappa shape index (κ3) is 3.38. The summed E-state index contributed by atoms with van der Waals surface area (Å²) in [6.07, 6.45) is 6.09. The Morgan fingerprint density at radius 2 is 1.75 bits per heavy atom. The monoisotopic (exact) mass is 275 g/mol. The van der Waals surface area contributed by atoms with Gasteiger partial charge in [0.05, 0.1) is 11.1 Å². The number of nitrogens with zero attached hydrogens (tertiary/aromatic N) is 1. The summed E-state index contributed by atoms with van der Waals surface area (Å²) >= 11 is 0. The minimum atomic E-state index is -1.06. The molecule has 4 heteroatoms. The van der Waals surface area contributed by atoms with Crippen LogP contribution in [-0.4, -0.2) is 35.5 Å². The maximum absolute atomic E-state index is 12.4. The van der Waals surface area contributed by atoms with E-state index in [9.17, 15) is 9.59 Å². The highest BCUT2D eigenvalue weighted by Gasteiger charge is 2.22. The van der Waals surface area contributed by atoms with Crippen LogP contribution in [0.2, 0.25) is 0 Å². The quantitative estimate of drug-likeness (QED) is 0.918. The van der Waals surface area contributed by atoms with Crippen molar-refractivity contribution in [2.24, 2.45) is 5.92 Å². The Balaban J connectivity index is 2.08. The predicted molar refractivity (Wildman–Crippen MR) is 76.9 cm³/mol. The van der Waals surface area contributed by atoms with Crippen molar-refractivity contribution in [1.29, 1.82) is 0 Å². The second kappa shape index (κ2) is 6.55. The lowest BCUT2D eigenvalue weighted by Crippen LogP contribution is -2.33. The second-order valence-electron chi connectivity index (χ2n) is 5.54. The highest BCUT2D eigenvalue weighted by molar-refractivity contribution is 6.04. The van der Waals surface area contributed by atoms with Gasteiger partial charge in [0.15, 0.2) is 0 Å². The van der Waals surface area contributed by atoms with E-state index in [0.717, 1.165) is 12.8 Å². The molecule has 1 N–H and O–H groups in total. The van der Waals surface area contributed by atoms with Crippen LogP contribution in [0, 0.1) is 5.92 Å². The fourth-order valence-electron chi connectivity index (χ4n) is 2.90. The lowest BCUT2D eigenvalue weighted by atomic mass is 9.89. The summed E-state index contributed by atoms with van der Waals surface area (Å²) in [6.45, 7) is 0.715. The molecule has 4 nitrogen and oxygen atoms in total. The van der Waals surface area contributed by atoms with Crippen molar-refractivity contribution < 1.29 is 14.7 Å². The molecule has 1 aromatic carbocycles. The van der Waals surface area contributed by atoms with E-state index in [1.54, 1.807) is 30.1 Å². The summed E-state index contributed by atoms with van der Waals surface area (Å²) in [5.41, 5.74) is 0.353. The largest absolute Gasteiger partial charge is 0.478 e. The van der Waals surface area contributed by atoms with Crippen LogP contribution in [0.15, 0.2) is 24.3 Å². The molecule has 0 atom stereocenters. The molecule has 1 amide bonds. The van der Waals surface area contributed by atoms with E-state index >= 15 is 0 Å². The lowest BCUT2D eigenvalue weighted by molar-refractivity contribution is 0.0676. The molecule has 108 valence electrons. The van der Waals surface area contributed by atoms with Gasteiger partial charge in [-0.25, -0.2) is 4.79 Å². The summed E-state index contributed by atoms with van der Waals surface area (Å²) in [7, 11) is 1.76. The standard InChI is InChI=1S/C16H21NO3/c1-17(11-12-7-3-2-4-8-12)15(18)13-9-5-6-10-14(13)16(19)20/h5-6,9-10,12H,2-4,7-8,11H2,1H3,(H,19,20). The first kappa shape index (κ1) is 14.6.